The highest BCUT2D eigenvalue weighted by atomic mass is 35.5. The van der Waals surface area contributed by atoms with Crippen molar-refractivity contribution in [2.45, 2.75) is 19.6 Å². The summed E-state index contributed by atoms with van der Waals surface area (Å²) < 4.78 is 11.5. The molecule has 2 rings (SSSR count). The van der Waals surface area contributed by atoms with Crippen LogP contribution in [-0.2, 0) is 0 Å². The van der Waals surface area contributed by atoms with Crippen molar-refractivity contribution in [2.24, 2.45) is 0 Å². The average molecular weight is 353 g/mol. The number of rotatable bonds is 6. The highest BCUT2D eigenvalue weighted by Gasteiger charge is 2.22. The SMILES string of the molecule is CC(C)(Oc1ccc(C(=O)Cl)cc1)Oc1ccc(C(=O)Cl)cc1. The molecule has 0 bridgehead atoms. The topological polar surface area (TPSA) is 52.6 Å². The predicted octanol–water partition coefficient (Wildman–Crippen LogP) is 4.64. The summed E-state index contributed by atoms with van der Waals surface area (Å²) in [7, 11) is 0. The minimum atomic E-state index is -0.959. The number of carbonyl (C=O) groups excluding carboxylic acids is 2. The van der Waals surface area contributed by atoms with Gasteiger partial charge in [0, 0.05) is 25.0 Å². The van der Waals surface area contributed by atoms with Gasteiger partial charge in [0.1, 0.15) is 11.5 Å². The van der Waals surface area contributed by atoms with Crippen molar-refractivity contribution in [1.29, 1.82) is 0 Å². The highest BCUT2D eigenvalue weighted by molar-refractivity contribution is 6.68. The van der Waals surface area contributed by atoms with Crippen LogP contribution in [-0.4, -0.2) is 16.3 Å². The van der Waals surface area contributed by atoms with Crippen LogP contribution in [0.1, 0.15) is 34.6 Å². The van der Waals surface area contributed by atoms with E-state index in [4.69, 9.17) is 32.7 Å². The lowest BCUT2D eigenvalue weighted by atomic mass is 10.2. The molecule has 0 heterocycles. The number of ether oxygens (including phenoxy) is 2. The Bertz CT molecular complexity index is 645. The van der Waals surface area contributed by atoms with Gasteiger partial charge < -0.3 is 9.47 Å². The fourth-order valence-corrected chi connectivity index (χ4v) is 2.15. The molecule has 0 aliphatic rings. The first-order valence-corrected chi connectivity index (χ1v) is 7.50. The first-order chi connectivity index (χ1) is 10.8. The monoisotopic (exact) mass is 352 g/mol. The molecule has 4 nitrogen and oxygen atoms in total. The standard InChI is InChI=1S/C17H14Cl2O4/c1-17(2,22-13-7-3-11(4-8-13)15(18)20)23-14-9-5-12(6-10-14)16(19)21/h3-10H,1-2H3. The van der Waals surface area contributed by atoms with Crippen molar-refractivity contribution in [2.75, 3.05) is 0 Å². The Labute approximate surface area is 143 Å². The third-order valence-electron chi connectivity index (χ3n) is 2.89. The summed E-state index contributed by atoms with van der Waals surface area (Å²) in [4.78, 5) is 22.1. The number of hydrogen-bond acceptors (Lipinski definition) is 4. The molecule has 2 aromatic carbocycles. The Morgan fingerprint density at radius 3 is 1.30 bits per heavy atom. The van der Waals surface area contributed by atoms with E-state index in [1.54, 1.807) is 62.4 Å². The van der Waals surface area contributed by atoms with E-state index in [-0.39, 0.29) is 0 Å². The smallest absolute Gasteiger partial charge is 0.252 e. The molecule has 0 aliphatic carbocycles. The maximum Gasteiger partial charge on any atom is 0.252 e. The van der Waals surface area contributed by atoms with Gasteiger partial charge in [0.05, 0.1) is 0 Å². The third kappa shape index (κ3) is 4.98. The molecule has 0 amide bonds. The molecule has 0 radical (unpaired) electrons. The molecular formula is C17H14Cl2O4. The number of carbonyl (C=O) groups is 2. The van der Waals surface area contributed by atoms with Crippen molar-refractivity contribution in [1.82, 2.24) is 0 Å². The summed E-state index contributed by atoms with van der Waals surface area (Å²) in [5.41, 5.74) is 0.776. The van der Waals surface area contributed by atoms with E-state index in [2.05, 4.69) is 0 Å². The Hall–Kier alpha value is -2.04. The molecule has 0 fully saturated rings. The second-order valence-electron chi connectivity index (χ2n) is 5.20. The molecule has 120 valence electrons. The molecular weight excluding hydrogens is 339 g/mol. The fourth-order valence-electron chi connectivity index (χ4n) is 1.90. The maximum atomic E-state index is 11.0. The molecule has 0 spiro atoms. The summed E-state index contributed by atoms with van der Waals surface area (Å²) in [5.74, 6) is 0.104. The van der Waals surface area contributed by atoms with Crippen LogP contribution in [0.15, 0.2) is 48.5 Å². The van der Waals surface area contributed by atoms with Crippen LogP contribution < -0.4 is 9.47 Å². The minimum Gasteiger partial charge on any atom is -0.453 e. The molecule has 0 saturated carbocycles. The van der Waals surface area contributed by atoms with E-state index >= 15 is 0 Å². The van der Waals surface area contributed by atoms with E-state index in [1.165, 1.54) is 0 Å². The van der Waals surface area contributed by atoms with E-state index in [1.807, 2.05) is 0 Å². The van der Waals surface area contributed by atoms with Crippen LogP contribution >= 0.6 is 23.2 Å². The second-order valence-corrected chi connectivity index (χ2v) is 5.89. The van der Waals surface area contributed by atoms with Gasteiger partial charge >= 0.3 is 0 Å². The van der Waals surface area contributed by atoms with Crippen molar-refractivity contribution < 1.29 is 19.1 Å². The van der Waals surface area contributed by atoms with Crippen LogP contribution in [0.25, 0.3) is 0 Å². The molecule has 0 atom stereocenters. The van der Waals surface area contributed by atoms with Crippen LogP contribution in [0.2, 0.25) is 0 Å². The summed E-state index contributed by atoms with van der Waals surface area (Å²) in [6.07, 6.45) is 0. The summed E-state index contributed by atoms with van der Waals surface area (Å²) in [6.45, 7) is 3.49. The minimum absolute atomic E-state index is 0.388. The summed E-state index contributed by atoms with van der Waals surface area (Å²) in [5, 5.41) is -1.05. The molecule has 0 aromatic heterocycles. The normalized spacial score (nSPS) is 11.0. The van der Waals surface area contributed by atoms with Crippen LogP contribution in [0.3, 0.4) is 0 Å². The van der Waals surface area contributed by atoms with Crippen molar-refractivity contribution >= 4 is 33.7 Å². The van der Waals surface area contributed by atoms with Crippen LogP contribution in [0, 0.1) is 0 Å². The van der Waals surface area contributed by atoms with Gasteiger partial charge in [-0.05, 0) is 71.7 Å². The number of halogens is 2. The zero-order valence-electron chi connectivity index (χ0n) is 12.5. The van der Waals surface area contributed by atoms with Crippen molar-refractivity contribution in [3.63, 3.8) is 0 Å². The summed E-state index contributed by atoms with van der Waals surface area (Å²) in [6, 6.07) is 12.8. The fraction of sp³-hybridized carbons (Fsp3) is 0.176. The molecule has 23 heavy (non-hydrogen) atoms. The first kappa shape index (κ1) is 17.3. The Morgan fingerprint density at radius 2 is 1.04 bits per heavy atom. The Kier molecular flexibility index (Phi) is 5.29. The van der Waals surface area contributed by atoms with Gasteiger partial charge in [0.15, 0.2) is 0 Å². The number of hydrogen-bond donors (Lipinski definition) is 0. The van der Waals surface area contributed by atoms with Crippen molar-refractivity contribution in [3.05, 3.63) is 59.7 Å². The zero-order valence-corrected chi connectivity index (χ0v) is 14.0. The Balaban J connectivity index is 2.06. The van der Waals surface area contributed by atoms with E-state index in [0.29, 0.717) is 22.6 Å². The molecule has 0 saturated heterocycles. The van der Waals surface area contributed by atoms with Crippen LogP contribution in [0.5, 0.6) is 11.5 Å². The maximum absolute atomic E-state index is 11.0. The molecule has 0 aliphatic heterocycles. The molecule has 0 unspecified atom stereocenters. The summed E-state index contributed by atoms with van der Waals surface area (Å²) >= 11 is 10.8. The van der Waals surface area contributed by atoms with Crippen LogP contribution in [0.4, 0.5) is 0 Å². The lowest BCUT2D eigenvalue weighted by Gasteiger charge is -2.27. The quantitative estimate of drug-likeness (QED) is 0.561. The van der Waals surface area contributed by atoms with Gasteiger partial charge in [-0.2, -0.15) is 0 Å². The zero-order chi connectivity index (χ0) is 17.0. The van der Waals surface area contributed by atoms with Gasteiger partial charge in [0.2, 0.25) is 5.79 Å². The number of benzene rings is 2. The first-order valence-electron chi connectivity index (χ1n) is 6.75. The molecule has 6 heteroatoms. The Morgan fingerprint density at radius 1 is 0.739 bits per heavy atom. The molecule has 0 N–H and O–H groups in total. The van der Waals surface area contributed by atoms with Gasteiger partial charge in [-0.25, -0.2) is 0 Å². The predicted molar refractivity (Wildman–Crippen MR) is 88.6 cm³/mol. The lowest BCUT2D eigenvalue weighted by Crippen LogP contribution is -2.35. The van der Waals surface area contributed by atoms with Crippen molar-refractivity contribution in [3.8, 4) is 11.5 Å². The van der Waals surface area contributed by atoms with Gasteiger partial charge in [0.25, 0.3) is 10.5 Å². The molecule has 2 aromatic rings. The lowest BCUT2D eigenvalue weighted by molar-refractivity contribution is -0.0809. The van der Waals surface area contributed by atoms with Gasteiger partial charge in [-0.1, -0.05) is 0 Å². The third-order valence-corrected chi connectivity index (χ3v) is 3.33. The van der Waals surface area contributed by atoms with E-state index in [0.717, 1.165) is 0 Å². The largest absolute Gasteiger partial charge is 0.453 e. The second kappa shape index (κ2) is 7.02. The van der Waals surface area contributed by atoms with Gasteiger partial charge in [-0.15, -0.1) is 0 Å². The van der Waals surface area contributed by atoms with E-state index in [9.17, 15) is 9.59 Å². The highest BCUT2D eigenvalue weighted by Crippen LogP contribution is 2.24. The van der Waals surface area contributed by atoms with E-state index < -0.39 is 16.3 Å². The average Bonchev–Trinajstić information content (AvgIpc) is 2.47. The van der Waals surface area contributed by atoms with Gasteiger partial charge in [-0.3, -0.25) is 9.59 Å².